The van der Waals surface area contributed by atoms with Crippen molar-refractivity contribution < 1.29 is 13.6 Å². The van der Waals surface area contributed by atoms with Crippen molar-refractivity contribution in [2.45, 2.75) is 18.7 Å². The summed E-state index contributed by atoms with van der Waals surface area (Å²) >= 11 is 0. The summed E-state index contributed by atoms with van der Waals surface area (Å²) in [6, 6.07) is 0. The number of hydrogen-bond donors (Lipinski definition) is 0. The van der Waals surface area contributed by atoms with E-state index in [-0.39, 0.29) is 5.82 Å². The Bertz CT molecular complexity index is 246. The van der Waals surface area contributed by atoms with E-state index in [9.17, 15) is 4.57 Å². The van der Waals surface area contributed by atoms with Crippen molar-refractivity contribution >= 4 is 15.4 Å². The molecular weight excluding hydrogens is 198 g/mol. The molecule has 0 aromatic heterocycles. The molecule has 2 radical (unpaired) electrons. The third-order valence-corrected chi connectivity index (χ3v) is 4.45. The van der Waals surface area contributed by atoms with Crippen LogP contribution in [0.2, 0.25) is 5.82 Å². The van der Waals surface area contributed by atoms with Gasteiger partial charge in [0.05, 0.1) is 14.0 Å². The summed E-state index contributed by atoms with van der Waals surface area (Å²) < 4.78 is 21.4. The van der Waals surface area contributed by atoms with Gasteiger partial charge in [-0.25, -0.2) is 0 Å². The first kappa shape index (κ1) is 12.0. The number of rotatable bonds is 5. The summed E-state index contributed by atoms with van der Waals surface area (Å²) in [6.07, 6.45) is 6.29. The van der Waals surface area contributed by atoms with Crippen LogP contribution >= 0.6 is 7.60 Å². The molecule has 0 saturated heterocycles. The van der Waals surface area contributed by atoms with Crippen LogP contribution in [-0.4, -0.2) is 28.2 Å². The molecule has 1 aliphatic carbocycles. The smallest absolute Gasteiger partial charge is 0.312 e. The van der Waals surface area contributed by atoms with Gasteiger partial charge in [0.15, 0.2) is 0 Å². The summed E-state index contributed by atoms with van der Waals surface area (Å²) in [5.74, 6) is 0.577. The van der Waals surface area contributed by atoms with Gasteiger partial charge in [0.2, 0.25) is 0 Å². The predicted molar refractivity (Wildman–Crippen MR) is 57.9 cm³/mol. The fourth-order valence-corrected chi connectivity index (χ4v) is 2.76. The zero-order valence-corrected chi connectivity index (χ0v) is 9.57. The van der Waals surface area contributed by atoms with Crippen LogP contribution < -0.4 is 0 Å². The van der Waals surface area contributed by atoms with Gasteiger partial charge in [0.25, 0.3) is 0 Å². The molecule has 0 aromatic rings. The minimum absolute atomic E-state index is 0.157. The van der Waals surface area contributed by atoms with Crippen LogP contribution in [0.3, 0.4) is 0 Å². The van der Waals surface area contributed by atoms with E-state index in [1.54, 1.807) is 0 Å². The van der Waals surface area contributed by atoms with Crippen LogP contribution in [0.25, 0.3) is 0 Å². The Morgan fingerprint density at radius 2 is 2.07 bits per heavy atom. The van der Waals surface area contributed by atoms with E-state index in [0.29, 0.717) is 12.1 Å². The van der Waals surface area contributed by atoms with E-state index in [4.69, 9.17) is 16.9 Å². The average molecular weight is 214 g/mol. The molecule has 0 N–H and O–H groups in total. The molecule has 78 valence electrons. The standard InChI is InChI=1S/C9H16BO3P/c1-12-14(11,13-2)6-5-8-3-4-9(10)7-8/h3-4,8-9H,5-7H2,1-2H3. The van der Waals surface area contributed by atoms with Crippen LogP contribution in [0, 0.1) is 5.92 Å². The van der Waals surface area contributed by atoms with Crippen molar-refractivity contribution in [3.63, 3.8) is 0 Å². The van der Waals surface area contributed by atoms with Gasteiger partial charge in [-0.1, -0.05) is 18.0 Å². The van der Waals surface area contributed by atoms with Crippen molar-refractivity contribution in [2.75, 3.05) is 20.4 Å². The summed E-state index contributed by atoms with van der Waals surface area (Å²) in [4.78, 5) is 0. The first-order valence-corrected chi connectivity index (χ1v) is 6.47. The Kier molecular flexibility index (Phi) is 4.43. The maximum absolute atomic E-state index is 11.7. The normalized spacial score (nSPS) is 27.0. The molecule has 0 bridgehead atoms. The Hall–Kier alpha value is -0.0451. The SMILES string of the molecule is [B]C1C=CC(CCP(=O)(OC)OC)C1. The van der Waals surface area contributed by atoms with Gasteiger partial charge < -0.3 is 9.05 Å². The molecule has 0 saturated carbocycles. The van der Waals surface area contributed by atoms with Gasteiger partial charge in [-0.05, 0) is 18.8 Å². The van der Waals surface area contributed by atoms with Crippen molar-refractivity contribution in [1.82, 2.24) is 0 Å². The molecule has 0 spiro atoms. The third-order valence-electron chi connectivity index (χ3n) is 2.54. The molecule has 0 amide bonds. The molecule has 0 aromatic carbocycles. The highest BCUT2D eigenvalue weighted by Gasteiger charge is 2.24. The Morgan fingerprint density at radius 1 is 1.43 bits per heavy atom. The average Bonchev–Trinajstić information content (AvgIpc) is 2.61. The third kappa shape index (κ3) is 3.27. The molecule has 1 rings (SSSR count). The lowest BCUT2D eigenvalue weighted by atomic mass is 9.85. The van der Waals surface area contributed by atoms with Crippen LogP contribution in [0.5, 0.6) is 0 Å². The van der Waals surface area contributed by atoms with Crippen LogP contribution in [-0.2, 0) is 13.6 Å². The van der Waals surface area contributed by atoms with E-state index < -0.39 is 7.60 Å². The van der Waals surface area contributed by atoms with Crippen LogP contribution in [0.1, 0.15) is 12.8 Å². The second-order valence-corrected chi connectivity index (χ2v) is 5.93. The Balaban J connectivity index is 2.33. The number of allylic oxidation sites excluding steroid dienone is 2. The zero-order chi connectivity index (χ0) is 10.6. The predicted octanol–water partition coefficient (Wildman–Crippen LogP) is 2.40. The van der Waals surface area contributed by atoms with Crippen molar-refractivity contribution in [2.24, 2.45) is 5.92 Å². The van der Waals surface area contributed by atoms with E-state index in [2.05, 4.69) is 6.08 Å². The molecule has 0 aliphatic heterocycles. The first-order chi connectivity index (χ1) is 6.59. The molecule has 14 heavy (non-hydrogen) atoms. The van der Waals surface area contributed by atoms with Gasteiger partial charge >= 0.3 is 7.60 Å². The second-order valence-electron chi connectivity index (χ2n) is 3.53. The maximum atomic E-state index is 11.7. The second kappa shape index (κ2) is 5.15. The molecular formula is C9H16BO3P. The van der Waals surface area contributed by atoms with Gasteiger partial charge in [-0.2, -0.15) is 0 Å². The fourth-order valence-electron chi connectivity index (χ4n) is 1.60. The van der Waals surface area contributed by atoms with E-state index >= 15 is 0 Å². The highest BCUT2D eigenvalue weighted by molar-refractivity contribution is 7.53. The summed E-state index contributed by atoms with van der Waals surface area (Å²) in [5, 5.41) is 0. The van der Waals surface area contributed by atoms with Crippen LogP contribution in [0.15, 0.2) is 12.2 Å². The minimum atomic E-state index is -2.83. The quantitative estimate of drug-likeness (QED) is 0.400. The van der Waals surface area contributed by atoms with Gasteiger partial charge in [-0.3, -0.25) is 4.57 Å². The highest BCUT2D eigenvalue weighted by Crippen LogP contribution is 2.48. The van der Waals surface area contributed by atoms with Gasteiger partial charge in [0, 0.05) is 14.2 Å². The van der Waals surface area contributed by atoms with E-state index in [0.717, 1.165) is 12.8 Å². The monoisotopic (exact) mass is 214 g/mol. The zero-order valence-electron chi connectivity index (χ0n) is 8.68. The largest absolute Gasteiger partial charge is 0.330 e. The Morgan fingerprint density at radius 3 is 2.50 bits per heavy atom. The van der Waals surface area contributed by atoms with Crippen LogP contribution in [0.4, 0.5) is 0 Å². The lowest BCUT2D eigenvalue weighted by molar-refractivity contribution is 0.273. The van der Waals surface area contributed by atoms with Gasteiger partial charge in [-0.15, -0.1) is 0 Å². The Labute approximate surface area is 86.8 Å². The molecule has 1 aliphatic rings. The minimum Gasteiger partial charge on any atom is -0.312 e. The first-order valence-electron chi connectivity index (χ1n) is 4.74. The lowest BCUT2D eigenvalue weighted by Gasteiger charge is -2.15. The molecule has 5 heteroatoms. The van der Waals surface area contributed by atoms with Gasteiger partial charge in [0.1, 0.15) is 0 Å². The molecule has 0 fully saturated rings. The number of hydrogen-bond acceptors (Lipinski definition) is 3. The molecule has 0 heterocycles. The molecule has 2 atom stereocenters. The lowest BCUT2D eigenvalue weighted by Crippen LogP contribution is -2.01. The molecule has 3 nitrogen and oxygen atoms in total. The molecule has 2 unspecified atom stereocenters. The van der Waals surface area contributed by atoms with Crippen molar-refractivity contribution in [1.29, 1.82) is 0 Å². The maximum Gasteiger partial charge on any atom is 0.330 e. The van der Waals surface area contributed by atoms with E-state index in [1.165, 1.54) is 14.2 Å². The van der Waals surface area contributed by atoms with E-state index in [1.807, 2.05) is 6.08 Å². The topological polar surface area (TPSA) is 35.5 Å². The summed E-state index contributed by atoms with van der Waals surface area (Å²) in [7, 11) is 5.72. The summed E-state index contributed by atoms with van der Waals surface area (Å²) in [5.41, 5.74) is 0. The van der Waals surface area contributed by atoms with Crippen molar-refractivity contribution in [3.05, 3.63) is 12.2 Å². The summed E-state index contributed by atoms with van der Waals surface area (Å²) in [6.45, 7) is 0. The van der Waals surface area contributed by atoms with Crippen molar-refractivity contribution in [3.8, 4) is 0 Å². The highest BCUT2D eigenvalue weighted by atomic mass is 31.2. The fraction of sp³-hybridized carbons (Fsp3) is 0.778.